The van der Waals surface area contributed by atoms with Gasteiger partial charge in [0.05, 0.1) is 0 Å². The molecular weight excluding hydrogens is 440 g/mol. The number of hydrogen-bond donors (Lipinski definition) is 4. The summed E-state index contributed by atoms with van der Waals surface area (Å²) >= 11 is 5.04. The SMILES string of the molecule is O=C(COc1cccc2ccccc12)NC(=S)NNC(=O)c1ccc(NC(=O)C2CC2)cc1. The molecule has 1 fully saturated rings. The van der Waals surface area contributed by atoms with Crippen LogP contribution in [0, 0.1) is 5.92 Å². The second-order valence-corrected chi connectivity index (χ2v) is 7.97. The molecule has 3 amide bonds. The molecule has 1 aliphatic carbocycles. The third kappa shape index (κ3) is 6.05. The highest BCUT2D eigenvalue weighted by atomic mass is 32.1. The minimum atomic E-state index is -0.467. The van der Waals surface area contributed by atoms with E-state index in [4.69, 9.17) is 17.0 Å². The highest BCUT2D eigenvalue weighted by Gasteiger charge is 2.29. The first-order valence-electron chi connectivity index (χ1n) is 10.4. The lowest BCUT2D eigenvalue weighted by Crippen LogP contribution is -2.49. The third-order valence-electron chi connectivity index (χ3n) is 5.01. The predicted octanol–water partition coefficient (Wildman–Crippen LogP) is 2.90. The Hall–Kier alpha value is -3.98. The predicted molar refractivity (Wildman–Crippen MR) is 129 cm³/mol. The summed E-state index contributed by atoms with van der Waals surface area (Å²) in [5.74, 6) is -0.221. The van der Waals surface area contributed by atoms with Crippen molar-refractivity contribution in [1.29, 1.82) is 0 Å². The van der Waals surface area contributed by atoms with Crippen LogP contribution in [0.3, 0.4) is 0 Å². The van der Waals surface area contributed by atoms with Crippen molar-refractivity contribution in [2.45, 2.75) is 12.8 Å². The highest BCUT2D eigenvalue weighted by Crippen LogP contribution is 2.30. The van der Waals surface area contributed by atoms with Crippen molar-refractivity contribution in [3.8, 4) is 5.75 Å². The van der Waals surface area contributed by atoms with E-state index in [9.17, 15) is 14.4 Å². The maximum Gasteiger partial charge on any atom is 0.269 e. The van der Waals surface area contributed by atoms with Crippen LogP contribution in [-0.2, 0) is 9.59 Å². The van der Waals surface area contributed by atoms with Crippen LogP contribution in [0.5, 0.6) is 5.75 Å². The number of carbonyl (C=O) groups is 3. The van der Waals surface area contributed by atoms with E-state index in [1.54, 1.807) is 30.3 Å². The van der Waals surface area contributed by atoms with Crippen molar-refractivity contribution < 1.29 is 19.1 Å². The topological polar surface area (TPSA) is 109 Å². The molecule has 1 aliphatic rings. The zero-order valence-electron chi connectivity index (χ0n) is 17.6. The van der Waals surface area contributed by atoms with Gasteiger partial charge in [-0.2, -0.15) is 0 Å². The molecule has 33 heavy (non-hydrogen) atoms. The van der Waals surface area contributed by atoms with Crippen molar-refractivity contribution in [2.75, 3.05) is 11.9 Å². The number of hydrogen-bond acceptors (Lipinski definition) is 5. The summed E-state index contributed by atoms with van der Waals surface area (Å²) in [5, 5.41) is 7.10. The van der Waals surface area contributed by atoms with Gasteiger partial charge in [0.1, 0.15) is 5.75 Å². The van der Waals surface area contributed by atoms with Crippen molar-refractivity contribution >= 4 is 51.5 Å². The van der Waals surface area contributed by atoms with Gasteiger partial charge < -0.3 is 10.1 Å². The zero-order chi connectivity index (χ0) is 23.2. The van der Waals surface area contributed by atoms with Gasteiger partial charge in [-0.25, -0.2) is 0 Å². The third-order valence-corrected chi connectivity index (χ3v) is 5.22. The average Bonchev–Trinajstić information content (AvgIpc) is 3.67. The molecule has 9 heteroatoms. The number of anilines is 1. The monoisotopic (exact) mass is 462 g/mol. The van der Waals surface area contributed by atoms with E-state index in [0.717, 1.165) is 23.6 Å². The van der Waals surface area contributed by atoms with Crippen LogP contribution < -0.4 is 26.2 Å². The molecule has 0 radical (unpaired) electrons. The molecule has 0 aromatic heterocycles. The van der Waals surface area contributed by atoms with Gasteiger partial charge in [-0.1, -0.05) is 36.4 Å². The number of hydrazine groups is 1. The number of carbonyl (C=O) groups excluding carboxylic acids is 3. The van der Waals surface area contributed by atoms with Crippen LogP contribution in [0.1, 0.15) is 23.2 Å². The van der Waals surface area contributed by atoms with Crippen LogP contribution in [0.4, 0.5) is 5.69 Å². The van der Waals surface area contributed by atoms with Crippen LogP contribution >= 0.6 is 12.2 Å². The molecule has 3 aromatic carbocycles. The summed E-state index contributed by atoms with van der Waals surface area (Å²) in [6, 6.07) is 19.8. The Labute approximate surface area is 195 Å². The zero-order valence-corrected chi connectivity index (χ0v) is 18.4. The van der Waals surface area contributed by atoms with Crippen LogP contribution in [0.2, 0.25) is 0 Å². The summed E-state index contributed by atoms with van der Waals surface area (Å²) < 4.78 is 5.62. The van der Waals surface area contributed by atoms with E-state index in [0.29, 0.717) is 17.0 Å². The fraction of sp³-hybridized carbons (Fsp3) is 0.167. The molecule has 0 aliphatic heterocycles. The molecule has 4 rings (SSSR count). The minimum absolute atomic E-state index is 0.000566. The van der Waals surface area contributed by atoms with Gasteiger partial charge in [0.25, 0.3) is 11.8 Å². The van der Waals surface area contributed by atoms with Crippen LogP contribution in [0.15, 0.2) is 66.7 Å². The Morgan fingerprint density at radius 2 is 1.64 bits per heavy atom. The summed E-state index contributed by atoms with van der Waals surface area (Å²) in [6.45, 7) is -0.238. The molecule has 0 bridgehead atoms. The fourth-order valence-electron chi connectivity index (χ4n) is 3.14. The summed E-state index contributed by atoms with van der Waals surface area (Å²) in [5.41, 5.74) is 5.89. The molecule has 0 atom stereocenters. The first-order valence-corrected chi connectivity index (χ1v) is 10.8. The Balaban J connectivity index is 1.21. The Morgan fingerprint density at radius 1 is 0.909 bits per heavy atom. The van der Waals surface area contributed by atoms with E-state index < -0.39 is 11.8 Å². The van der Waals surface area contributed by atoms with Crippen molar-refractivity contribution in [3.63, 3.8) is 0 Å². The molecule has 0 unspecified atom stereocenters. The summed E-state index contributed by atoms with van der Waals surface area (Å²) in [6.07, 6.45) is 1.84. The Bertz CT molecular complexity index is 1200. The molecular formula is C24H22N4O4S. The van der Waals surface area contributed by atoms with Crippen molar-refractivity contribution in [1.82, 2.24) is 16.2 Å². The normalized spacial score (nSPS) is 12.5. The number of thiocarbonyl (C=S) groups is 1. The largest absolute Gasteiger partial charge is 0.483 e. The maximum atomic E-state index is 12.3. The number of fused-ring (bicyclic) bond motifs is 1. The van der Waals surface area contributed by atoms with Gasteiger partial charge in [0, 0.05) is 22.6 Å². The van der Waals surface area contributed by atoms with Gasteiger partial charge in [0.15, 0.2) is 11.7 Å². The van der Waals surface area contributed by atoms with Crippen molar-refractivity contribution in [3.05, 3.63) is 72.3 Å². The van der Waals surface area contributed by atoms with E-state index in [1.807, 2.05) is 36.4 Å². The smallest absolute Gasteiger partial charge is 0.269 e. The lowest BCUT2D eigenvalue weighted by Gasteiger charge is -2.12. The Kier molecular flexibility index (Phi) is 6.80. The maximum absolute atomic E-state index is 12.3. The number of nitrogens with one attached hydrogen (secondary N) is 4. The van der Waals surface area contributed by atoms with E-state index in [2.05, 4.69) is 21.5 Å². The van der Waals surface area contributed by atoms with Gasteiger partial charge in [-0.15, -0.1) is 0 Å². The summed E-state index contributed by atoms with van der Waals surface area (Å²) in [7, 11) is 0. The summed E-state index contributed by atoms with van der Waals surface area (Å²) in [4.78, 5) is 36.2. The second-order valence-electron chi connectivity index (χ2n) is 7.56. The van der Waals surface area contributed by atoms with Crippen LogP contribution in [0.25, 0.3) is 10.8 Å². The average molecular weight is 463 g/mol. The molecule has 4 N–H and O–H groups in total. The van der Waals surface area contributed by atoms with Gasteiger partial charge in [-0.05, 0) is 60.8 Å². The first-order chi connectivity index (χ1) is 16.0. The number of ether oxygens (including phenoxy) is 1. The molecule has 3 aromatic rings. The quantitative estimate of drug-likeness (QED) is 0.331. The molecule has 0 heterocycles. The molecule has 0 spiro atoms. The number of rotatable bonds is 6. The van der Waals surface area contributed by atoms with E-state index in [1.165, 1.54) is 0 Å². The molecule has 168 valence electrons. The van der Waals surface area contributed by atoms with E-state index in [-0.39, 0.29) is 23.5 Å². The lowest BCUT2D eigenvalue weighted by molar-refractivity contribution is -0.121. The highest BCUT2D eigenvalue weighted by molar-refractivity contribution is 7.80. The van der Waals surface area contributed by atoms with Crippen molar-refractivity contribution in [2.24, 2.45) is 5.92 Å². The standard InChI is InChI=1S/C24H22N4O4S/c29-21(14-32-20-7-3-5-15-4-1-2-6-19(15)20)26-24(33)28-27-23(31)17-10-12-18(13-11-17)25-22(30)16-8-9-16/h1-7,10-13,16H,8-9,14H2,(H,25,30)(H,27,31)(H2,26,28,29,33). The van der Waals surface area contributed by atoms with Gasteiger partial charge in [-0.3, -0.25) is 30.6 Å². The number of amides is 3. The van der Waals surface area contributed by atoms with Gasteiger partial charge in [0.2, 0.25) is 5.91 Å². The van der Waals surface area contributed by atoms with Crippen LogP contribution in [-0.4, -0.2) is 29.4 Å². The lowest BCUT2D eigenvalue weighted by atomic mass is 10.1. The van der Waals surface area contributed by atoms with Gasteiger partial charge >= 0.3 is 0 Å². The molecule has 0 saturated heterocycles. The Morgan fingerprint density at radius 3 is 2.39 bits per heavy atom. The first kappa shape index (κ1) is 22.2. The minimum Gasteiger partial charge on any atom is -0.483 e. The van der Waals surface area contributed by atoms with E-state index >= 15 is 0 Å². The number of benzene rings is 3. The molecule has 1 saturated carbocycles. The fourth-order valence-corrected chi connectivity index (χ4v) is 3.30. The molecule has 8 nitrogen and oxygen atoms in total. The second kappa shape index (κ2) is 10.1.